The lowest BCUT2D eigenvalue weighted by molar-refractivity contribution is 0.158. The van der Waals surface area contributed by atoms with E-state index in [9.17, 15) is 0 Å². The first-order valence-corrected chi connectivity index (χ1v) is 5.68. The van der Waals surface area contributed by atoms with Crippen molar-refractivity contribution in [3.63, 3.8) is 0 Å². The molecule has 0 aromatic carbocycles. The van der Waals surface area contributed by atoms with Crippen molar-refractivity contribution in [1.82, 2.24) is 4.90 Å². The third-order valence-corrected chi connectivity index (χ3v) is 3.29. The summed E-state index contributed by atoms with van der Waals surface area (Å²) < 4.78 is 0. The molecule has 0 spiro atoms. The Morgan fingerprint density at radius 3 is 2.54 bits per heavy atom. The van der Waals surface area contributed by atoms with Crippen molar-refractivity contribution in [2.75, 3.05) is 20.1 Å². The molecule has 2 nitrogen and oxygen atoms in total. The van der Waals surface area contributed by atoms with Gasteiger partial charge in [0, 0.05) is 19.1 Å². The minimum atomic E-state index is 0.616. The fraction of sp³-hybridized carbons (Fsp3) is 1.00. The fourth-order valence-electron chi connectivity index (χ4n) is 2.08. The standard InChI is InChI=1S/C11H24N2/c1-3-5-11(8-12)13(2)9-10-6-4-7-10/h10-11H,3-9,12H2,1-2H3. The van der Waals surface area contributed by atoms with Crippen LogP contribution in [0.25, 0.3) is 0 Å². The monoisotopic (exact) mass is 184 g/mol. The van der Waals surface area contributed by atoms with Crippen molar-refractivity contribution < 1.29 is 0 Å². The van der Waals surface area contributed by atoms with Crippen LogP contribution >= 0.6 is 0 Å². The fourth-order valence-corrected chi connectivity index (χ4v) is 2.08. The molecule has 1 rings (SSSR count). The van der Waals surface area contributed by atoms with Crippen LogP contribution in [0.15, 0.2) is 0 Å². The lowest BCUT2D eigenvalue weighted by Crippen LogP contribution is -2.41. The van der Waals surface area contributed by atoms with Gasteiger partial charge in [-0.1, -0.05) is 19.8 Å². The maximum Gasteiger partial charge on any atom is 0.0215 e. The van der Waals surface area contributed by atoms with E-state index in [4.69, 9.17) is 5.73 Å². The summed E-state index contributed by atoms with van der Waals surface area (Å²) in [6, 6.07) is 0.616. The molecule has 0 heterocycles. The summed E-state index contributed by atoms with van der Waals surface area (Å²) in [6.45, 7) is 4.32. The summed E-state index contributed by atoms with van der Waals surface area (Å²) in [6.07, 6.45) is 6.82. The van der Waals surface area contributed by atoms with Crippen molar-refractivity contribution in [2.45, 2.75) is 45.1 Å². The van der Waals surface area contributed by atoms with Crippen LogP contribution in [0.1, 0.15) is 39.0 Å². The first kappa shape index (κ1) is 11.0. The van der Waals surface area contributed by atoms with E-state index in [0.717, 1.165) is 12.5 Å². The van der Waals surface area contributed by atoms with E-state index in [-0.39, 0.29) is 0 Å². The Labute approximate surface area is 82.5 Å². The molecule has 78 valence electrons. The van der Waals surface area contributed by atoms with Gasteiger partial charge >= 0.3 is 0 Å². The van der Waals surface area contributed by atoms with E-state index in [1.54, 1.807) is 0 Å². The molecule has 0 saturated heterocycles. The predicted molar refractivity (Wildman–Crippen MR) is 57.7 cm³/mol. The van der Waals surface area contributed by atoms with Gasteiger partial charge in [-0.15, -0.1) is 0 Å². The van der Waals surface area contributed by atoms with Crippen LogP contribution < -0.4 is 5.73 Å². The number of likely N-dealkylation sites (N-methyl/N-ethyl adjacent to an activating group) is 1. The van der Waals surface area contributed by atoms with Gasteiger partial charge in [-0.25, -0.2) is 0 Å². The number of rotatable bonds is 6. The lowest BCUT2D eigenvalue weighted by atomic mass is 9.85. The molecular weight excluding hydrogens is 160 g/mol. The van der Waals surface area contributed by atoms with Gasteiger partial charge in [0.2, 0.25) is 0 Å². The molecular formula is C11H24N2. The first-order chi connectivity index (χ1) is 6.27. The molecule has 0 aromatic heterocycles. The molecule has 1 aliphatic rings. The zero-order valence-corrected chi connectivity index (χ0v) is 9.13. The SMILES string of the molecule is CCCC(CN)N(C)CC1CCC1. The number of hydrogen-bond acceptors (Lipinski definition) is 2. The molecule has 2 N–H and O–H groups in total. The number of nitrogens with zero attached hydrogens (tertiary/aromatic N) is 1. The molecule has 0 bridgehead atoms. The van der Waals surface area contributed by atoms with Crippen molar-refractivity contribution in [2.24, 2.45) is 11.7 Å². The zero-order chi connectivity index (χ0) is 9.68. The normalized spacial score (nSPS) is 20.3. The molecule has 13 heavy (non-hydrogen) atoms. The van der Waals surface area contributed by atoms with Gasteiger partial charge in [0.05, 0.1) is 0 Å². The summed E-state index contributed by atoms with van der Waals surface area (Å²) in [4.78, 5) is 2.47. The topological polar surface area (TPSA) is 29.3 Å². The van der Waals surface area contributed by atoms with Crippen LogP contribution in [0.3, 0.4) is 0 Å². The van der Waals surface area contributed by atoms with E-state index in [1.807, 2.05) is 0 Å². The Morgan fingerprint density at radius 1 is 1.46 bits per heavy atom. The van der Waals surface area contributed by atoms with Crippen LogP contribution in [0.2, 0.25) is 0 Å². The van der Waals surface area contributed by atoms with Crippen molar-refractivity contribution in [1.29, 1.82) is 0 Å². The molecule has 0 radical (unpaired) electrons. The Balaban J connectivity index is 2.20. The molecule has 0 aliphatic heterocycles. The van der Waals surface area contributed by atoms with Crippen LogP contribution in [0, 0.1) is 5.92 Å². The average Bonchev–Trinajstić information content (AvgIpc) is 2.07. The minimum Gasteiger partial charge on any atom is -0.329 e. The largest absolute Gasteiger partial charge is 0.329 e. The Bertz CT molecular complexity index is 132. The Kier molecular flexibility index (Phi) is 4.74. The van der Waals surface area contributed by atoms with Gasteiger partial charge in [0.15, 0.2) is 0 Å². The lowest BCUT2D eigenvalue weighted by Gasteiger charge is -2.34. The van der Waals surface area contributed by atoms with Crippen molar-refractivity contribution in [3.8, 4) is 0 Å². The minimum absolute atomic E-state index is 0.616. The highest BCUT2D eigenvalue weighted by atomic mass is 15.1. The Morgan fingerprint density at radius 2 is 2.15 bits per heavy atom. The second kappa shape index (κ2) is 5.61. The highest BCUT2D eigenvalue weighted by molar-refractivity contribution is 4.76. The van der Waals surface area contributed by atoms with Crippen LogP contribution in [-0.2, 0) is 0 Å². The van der Waals surface area contributed by atoms with Gasteiger partial charge in [0.1, 0.15) is 0 Å². The molecule has 1 fully saturated rings. The van der Waals surface area contributed by atoms with Gasteiger partial charge in [-0.2, -0.15) is 0 Å². The predicted octanol–water partition coefficient (Wildman–Crippen LogP) is 1.85. The average molecular weight is 184 g/mol. The highest BCUT2D eigenvalue weighted by Crippen LogP contribution is 2.27. The van der Waals surface area contributed by atoms with Crippen molar-refractivity contribution in [3.05, 3.63) is 0 Å². The van der Waals surface area contributed by atoms with Gasteiger partial charge in [0.25, 0.3) is 0 Å². The quantitative estimate of drug-likeness (QED) is 0.682. The first-order valence-electron chi connectivity index (χ1n) is 5.68. The van der Waals surface area contributed by atoms with E-state index < -0.39 is 0 Å². The smallest absolute Gasteiger partial charge is 0.0215 e. The summed E-state index contributed by atoms with van der Waals surface area (Å²) in [5.41, 5.74) is 5.75. The summed E-state index contributed by atoms with van der Waals surface area (Å²) in [5.74, 6) is 0.968. The number of nitrogens with two attached hydrogens (primary N) is 1. The summed E-state index contributed by atoms with van der Waals surface area (Å²) in [7, 11) is 2.23. The third kappa shape index (κ3) is 3.28. The molecule has 0 aromatic rings. The van der Waals surface area contributed by atoms with Crippen LogP contribution in [0.4, 0.5) is 0 Å². The summed E-state index contributed by atoms with van der Waals surface area (Å²) >= 11 is 0. The van der Waals surface area contributed by atoms with Gasteiger partial charge in [-0.3, -0.25) is 0 Å². The molecule has 1 unspecified atom stereocenters. The van der Waals surface area contributed by atoms with Gasteiger partial charge in [-0.05, 0) is 32.2 Å². The molecule has 1 atom stereocenters. The third-order valence-electron chi connectivity index (χ3n) is 3.29. The van der Waals surface area contributed by atoms with Crippen LogP contribution in [-0.4, -0.2) is 31.1 Å². The van der Waals surface area contributed by atoms with Gasteiger partial charge < -0.3 is 10.6 Å². The maximum absolute atomic E-state index is 5.75. The summed E-state index contributed by atoms with van der Waals surface area (Å²) in [5, 5.41) is 0. The van der Waals surface area contributed by atoms with E-state index >= 15 is 0 Å². The van der Waals surface area contributed by atoms with Crippen molar-refractivity contribution >= 4 is 0 Å². The molecule has 2 heteroatoms. The van der Waals surface area contributed by atoms with E-state index in [0.29, 0.717) is 6.04 Å². The van der Waals surface area contributed by atoms with E-state index in [1.165, 1.54) is 38.6 Å². The van der Waals surface area contributed by atoms with Crippen LogP contribution in [0.5, 0.6) is 0 Å². The second-order valence-corrected chi connectivity index (χ2v) is 4.41. The second-order valence-electron chi connectivity index (χ2n) is 4.41. The zero-order valence-electron chi connectivity index (χ0n) is 9.13. The molecule has 0 amide bonds. The molecule has 1 saturated carbocycles. The maximum atomic E-state index is 5.75. The highest BCUT2D eigenvalue weighted by Gasteiger charge is 2.21. The Hall–Kier alpha value is -0.0800. The van der Waals surface area contributed by atoms with E-state index in [2.05, 4.69) is 18.9 Å². The molecule has 1 aliphatic carbocycles. The number of hydrogen-bond donors (Lipinski definition) is 1.